The topological polar surface area (TPSA) is 81.8 Å². The smallest absolute Gasteiger partial charge is 0.325 e. The molecule has 4 amide bonds. The van der Waals surface area contributed by atoms with E-state index in [0.717, 1.165) is 16.2 Å². The lowest BCUT2D eigenvalue weighted by Crippen LogP contribution is -2.43. The van der Waals surface area contributed by atoms with Gasteiger partial charge in [0, 0.05) is 26.3 Å². The number of nitrogens with one attached hydrogen (secondary N) is 2. The van der Waals surface area contributed by atoms with Crippen LogP contribution in [0.3, 0.4) is 0 Å². The molecule has 1 saturated heterocycles. The second kappa shape index (κ2) is 7.72. The molecule has 1 heterocycles. The predicted molar refractivity (Wildman–Crippen MR) is 107 cm³/mol. The molecule has 7 heteroatoms. The third-order valence-electron chi connectivity index (χ3n) is 4.87. The number of imide groups is 1. The van der Waals surface area contributed by atoms with Gasteiger partial charge in [0.1, 0.15) is 12.1 Å². The molecule has 0 saturated carbocycles. The van der Waals surface area contributed by atoms with Crippen LogP contribution in [0.25, 0.3) is 0 Å². The first-order valence-electron chi connectivity index (χ1n) is 9.04. The highest BCUT2D eigenvalue weighted by atomic mass is 16.2. The number of carbonyl (C=O) groups is 3. The lowest BCUT2D eigenvalue weighted by atomic mass is 9.92. The SMILES string of the molecule is CN(C)c1ccc(CNC(=O)CN2C(=O)N[C@](C)(c3ccccc3)C2=O)cc1. The first-order valence-corrected chi connectivity index (χ1v) is 9.04. The largest absolute Gasteiger partial charge is 0.378 e. The maximum atomic E-state index is 12.8. The van der Waals surface area contributed by atoms with Crippen molar-refractivity contribution in [2.24, 2.45) is 0 Å². The Morgan fingerprint density at radius 3 is 2.32 bits per heavy atom. The van der Waals surface area contributed by atoms with E-state index < -0.39 is 23.4 Å². The molecule has 1 aliphatic heterocycles. The summed E-state index contributed by atoms with van der Waals surface area (Å²) >= 11 is 0. The number of nitrogens with zero attached hydrogens (tertiary/aromatic N) is 2. The highest BCUT2D eigenvalue weighted by Gasteiger charge is 2.49. The normalized spacial score (nSPS) is 18.8. The highest BCUT2D eigenvalue weighted by molar-refractivity contribution is 6.09. The van der Waals surface area contributed by atoms with Gasteiger partial charge in [-0.3, -0.25) is 14.5 Å². The van der Waals surface area contributed by atoms with Crippen LogP contribution in [-0.4, -0.2) is 43.4 Å². The second-order valence-corrected chi connectivity index (χ2v) is 7.15. The van der Waals surface area contributed by atoms with Crippen molar-refractivity contribution in [1.82, 2.24) is 15.5 Å². The lowest BCUT2D eigenvalue weighted by molar-refractivity contribution is -0.134. The molecule has 1 atom stereocenters. The predicted octanol–water partition coefficient (Wildman–Crippen LogP) is 1.84. The summed E-state index contributed by atoms with van der Waals surface area (Å²) in [7, 11) is 3.91. The van der Waals surface area contributed by atoms with Crippen LogP contribution in [0.5, 0.6) is 0 Å². The highest BCUT2D eigenvalue weighted by Crippen LogP contribution is 2.28. The second-order valence-electron chi connectivity index (χ2n) is 7.15. The number of anilines is 1. The van der Waals surface area contributed by atoms with E-state index in [1.54, 1.807) is 31.2 Å². The molecule has 2 N–H and O–H groups in total. The van der Waals surface area contributed by atoms with Crippen LogP contribution in [-0.2, 0) is 21.7 Å². The Balaban J connectivity index is 1.61. The molecule has 0 aliphatic carbocycles. The van der Waals surface area contributed by atoms with E-state index in [4.69, 9.17) is 0 Å². The van der Waals surface area contributed by atoms with Crippen LogP contribution in [0, 0.1) is 0 Å². The van der Waals surface area contributed by atoms with Gasteiger partial charge in [0.25, 0.3) is 5.91 Å². The minimum absolute atomic E-state index is 0.317. The molecule has 2 aromatic rings. The van der Waals surface area contributed by atoms with E-state index in [1.165, 1.54) is 0 Å². The molecule has 7 nitrogen and oxygen atoms in total. The molecule has 0 spiro atoms. The third-order valence-corrected chi connectivity index (χ3v) is 4.87. The summed E-state index contributed by atoms with van der Waals surface area (Å²) in [6, 6.07) is 16.2. The van der Waals surface area contributed by atoms with E-state index in [2.05, 4.69) is 10.6 Å². The first-order chi connectivity index (χ1) is 13.3. The van der Waals surface area contributed by atoms with E-state index in [0.29, 0.717) is 12.1 Å². The van der Waals surface area contributed by atoms with Gasteiger partial charge in [-0.1, -0.05) is 42.5 Å². The summed E-state index contributed by atoms with van der Waals surface area (Å²) < 4.78 is 0. The molecule has 146 valence electrons. The van der Waals surface area contributed by atoms with Crippen LogP contribution >= 0.6 is 0 Å². The summed E-state index contributed by atoms with van der Waals surface area (Å²) in [5, 5.41) is 5.45. The van der Waals surface area contributed by atoms with Crippen molar-refractivity contribution in [3.05, 3.63) is 65.7 Å². The molecule has 0 aromatic heterocycles. The molecule has 1 aliphatic rings. The zero-order valence-corrected chi connectivity index (χ0v) is 16.2. The van der Waals surface area contributed by atoms with Crippen LogP contribution in [0.2, 0.25) is 0 Å². The number of urea groups is 1. The number of rotatable bonds is 6. The van der Waals surface area contributed by atoms with Crippen LogP contribution in [0.1, 0.15) is 18.1 Å². The molecule has 2 aromatic carbocycles. The van der Waals surface area contributed by atoms with Crippen molar-refractivity contribution in [1.29, 1.82) is 0 Å². The Kier molecular flexibility index (Phi) is 5.35. The Morgan fingerprint density at radius 1 is 1.07 bits per heavy atom. The Labute approximate surface area is 164 Å². The molecule has 1 fully saturated rings. The third kappa shape index (κ3) is 3.83. The fourth-order valence-electron chi connectivity index (χ4n) is 3.12. The van der Waals surface area contributed by atoms with Crippen molar-refractivity contribution >= 4 is 23.5 Å². The fourth-order valence-corrected chi connectivity index (χ4v) is 3.12. The average molecular weight is 380 g/mol. The van der Waals surface area contributed by atoms with Gasteiger partial charge >= 0.3 is 6.03 Å². The minimum Gasteiger partial charge on any atom is -0.378 e. The Hall–Kier alpha value is -3.35. The van der Waals surface area contributed by atoms with Gasteiger partial charge in [0.05, 0.1) is 0 Å². The van der Waals surface area contributed by atoms with E-state index in [-0.39, 0.29) is 6.54 Å². The summed E-state index contributed by atoms with van der Waals surface area (Å²) in [6.07, 6.45) is 0. The van der Waals surface area contributed by atoms with E-state index >= 15 is 0 Å². The average Bonchev–Trinajstić information content (AvgIpc) is 2.91. The maximum Gasteiger partial charge on any atom is 0.325 e. The molecule has 3 rings (SSSR count). The number of hydrogen-bond donors (Lipinski definition) is 2. The van der Waals surface area contributed by atoms with Crippen molar-refractivity contribution in [3.8, 4) is 0 Å². The van der Waals surface area contributed by atoms with Gasteiger partial charge in [-0.25, -0.2) is 4.79 Å². The molecular weight excluding hydrogens is 356 g/mol. The molecular formula is C21H24N4O3. The molecule has 0 unspecified atom stereocenters. The first kappa shape index (κ1) is 19.4. The zero-order valence-electron chi connectivity index (χ0n) is 16.2. The lowest BCUT2D eigenvalue weighted by Gasteiger charge is -2.22. The zero-order chi connectivity index (χ0) is 20.3. The number of benzene rings is 2. The number of hydrogen-bond acceptors (Lipinski definition) is 4. The monoisotopic (exact) mass is 380 g/mol. The quantitative estimate of drug-likeness (QED) is 0.750. The fraction of sp³-hybridized carbons (Fsp3) is 0.286. The molecule has 0 bridgehead atoms. The summed E-state index contributed by atoms with van der Waals surface area (Å²) in [5.74, 6) is -0.827. The van der Waals surface area contributed by atoms with Gasteiger partial charge in [0.2, 0.25) is 5.91 Å². The van der Waals surface area contributed by atoms with Crippen molar-refractivity contribution in [3.63, 3.8) is 0 Å². The Morgan fingerprint density at radius 2 is 1.71 bits per heavy atom. The van der Waals surface area contributed by atoms with Gasteiger partial charge in [0.15, 0.2) is 0 Å². The maximum absolute atomic E-state index is 12.8. The number of amides is 4. The van der Waals surface area contributed by atoms with E-state index in [9.17, 15) is 14.4 Å². The van der Waals surface area contributed by atoms with Gasteiger partial charge in [-0.2, -0.15) is 0 Å². The summed E-state index contributed by atoms with van der Waals surface area (Å²) in [6.45, 7) is 1.65. The van der Waals surface area contributed by atoms with Crippen molar-refractivity contribution in [2.45, 2.75) is 19.0 Å². The van der Waals surface area contributed by atoms with Crippen LogP contribution in [0.4, 0.5) is 10.5 Å². The number of carbonyl (C=O) groups excluding carboxylic acids is 3. The Bertz CT molecular complexity index is 880. The van der Waals surface area contributed by atoms with Gasteiger partial charge < -0.3 is 15.5 Å². The molecule has 28 heavy (non-hydrogen) atoms. The van der Waals surface area contributed by atoms with Crippen LogP contribution < -0.4 is 15.5 Å². The van der Waals surface area contributed by atoms with Crippen LogP contribution in [0.15, 0.2) is 54.6 Å². The summed E-state index contributed by atoms with van der Waals surface area (Å²) in [4.78, 5) is 40.3. The van der Waals surface area contributed by atoms with E-state index in [1.807, 2.05) is 49.3 Å². The van der Waals surface area contributed by atoms with Gasteiger partial charge in [-0.05, 0) is 30.2 Å². The summed E-state index contributed by atoms with van der Waals surface area (Å²) in [5.41, 5.74) is 1.51. The van der Waals surface area contributed by atoms with Crippen molar-refractivity contribution in [2.75, 3.05) is 25.5 Å². The molecule has 0 radical (unpaired) electrons. The minimum atomic E-state index is -1.17. The van der Waals surface area contributed by atoms with Gasteiger partial charge in [-0.15, -0.1) is 0 Å². The standard InChI is InChI=1S/C21H24N4O3/c1-21(16-7-5-4-6-8-16)19(27)25(20(28)23-21)14-18(26)22-13-15-9-11-17(12-10-15)24(2)3/h4-12H,13-14H2,1-3H3,(H,22,26)(H,23,28)/t21-/m1/s1. The van der Waals surface area contributed by atoms with Crippen molar-refractivity contribution < 1.29 is 14.4 Å².